The molecule has 116 valence electrons. The number of aliphatic carboxylic acids is 1. The van der Waals surface area contributed by atoms with E-state index in [1.165, 1.54) is 0 Å². The Kier molecular flexibility index (Phi) is 7.78. The first-order valence-electron chi connectivity index (χ1n) is 6.24. The van der Waals surface area contributed by atoms with Crippen LogP contribution in [0.5, 0.6) is 0 Å². The van der Waals surface area contributed by atoms with Crippen molar-refractivity contribution in [3.63, 3.8) is 0 Å². The van der Waals surface area contributed by atoms with Crippen LogP contribution in [0.1, 0.15) is 26.7 Å². The highest BCUT2D eigenvalue weighted by atomic mass is 16.5. The minimum absolute atomic E-state index is 0.0665. The maximum atomic E-state index is 11.6. The molecular weight excluding hydrogens is 268 g/mol. The van der Waals surface area contributed by atoms with E-state index in [0.717, 1.165) is 0 Å². The molecule has 0 aliphatic carbocycles. The number of aliphatic hydroxyl groups is 1. The Morgan fingerprint density at radius 3 is 2.40 bits per heavy atom. The molecule has 0 bridgehead atoms. The number of carbonyl (C=O) groups is 3. The average molecular weight is 290 g/mol. The van der Waals surface area contributed by atoms with Gasteiger partial charge < -0.3 is 26.0 Å². The van der Waals surface area contributed by atoms with Gasteiger partial charge in [-0.25, -0.2) is 0 Å². The van der Waals surface area contributed by atoms with Crippen molar-refractivity contribution < 1.29 is 29.3 Å². The second kappa shape index (κ2) is 8.49. The predicted molar refractivity (Wildman–Crippen MR) is 69.7 cm³/mol. The second-order valence-electron chi connectivity index (χ2n) is 5.03. The lowest BCUT2D eigenvalue weighted by molar-refractivity contribution is -0.153. The molecule has 1 unspecified atom stereocenters. The first-order valence-corrected chi connectivity index (χ1v) is 6.24. The van der Waals surface area contributed by atoms with Gasteiger partial charge in [0.25, 0.3) is 0 Å². The van der Waals surface area contributed by atoms with E-state index in [1.807, 2.05) is 0 Å². The number of nitrogens with two attached hydrogens (primary N) is 1. The number of nitrogens with one attached hydrogen (secondary N) is 1. The fourth-order valence-electron chi connectivity index (χ4n) is 1.28. The summed E-state index contributed by atoms with van der Waals surface area (Å²) in [5.74, 6) is -2.25. The molecule has 0 heterocycles. The summed E-state index contributed by atoms with van der Waals surface area (Å²) in [6.07, 6.45) is -1.58. The maximum absolute atomic E-state index is 11.6. The Morgan fingerprint density at radius 2 is 1.90 bits per heavy atom. The lowest BCUT2D eigenvalue weighted by Gasteiger charge is -2.28. The zero-order valence-electron chi connectivity index (χ0n) is 11.7. The van der Waals surface area contributed by atoms with Gasteiger partial charge in [0, 0.05) is 18.5 Å². The number of hydrogen-bond donors (Lipinski definition) is 4. The van der Waals surface area contributed by atoms with Crippen LogP contribution in [-0.4, -0.2) is 53.9 Å². The molecule has 0 aromatic rings. The third kappa shape index (κ3) is 7.05. The smallest absolute Gasteiger partial charge is 0.307 e. The molecule has 8 heteroatoms. The second-order valence-corrected chi connectivity index (χ2v) is 5.03. The molecule has 0 saturated heterocycles. The molecule has 0 aliphatic rings. The summed E-state index contributed by atoms with van der Waals surface area (Å²) in [7, 11) is 0. The number of carbonyl (C=O) groups excluding carboxylic acids is 2. The summed E-state index contributed by atoms with van der Waals surface area (Å²) in [5.41, 5.74) is 4.21. The highest BCUT2D eigenvalue weighted by molar-refractivity contribution is 5.81. The highest BCUT2D eigenvalue weighted by Crippen LogP contribution is 2.21. The van der Waals surface area contributed by atoms with E-state index in [-0.39, 0.29) is 32.5 Å². The number of hydrogen-bond acceptors (Lipinski definition) is 6. The van der Waals surface area contributed by atoms with E-state index in [2.05, 4.69) is 5.32 Å². The van der Waals surface area contributed by atoms with Crippen molar-refractivity contribution in [2.75, 3.05) is 19.7 Å². The summed E-state index contributed by atoms with van der Waals surface area (Å²) in [6, 6.07) is 0. The van der Waals surface area contributed by atoms with Crippen molar-refractivity contribution in [2.24, 2.45) is 11.1 Å². The fraction of sp³-hybridized carbons (Fsp3) is 0.750. The SMILES string of the molecule is CC(C)(COC(=O)CCN)C(O)C(=O)NCCC(=O)O. The van der Waals surface area contributed by atoms with Gasteiger partial charge in [0.1, 0.15) is 6.10 Å². The third-order valence-corrected chi connectivity index (χ3v) is 2.58. The van der Waals surface area contributed by atoms with E-state index in [0.29, 0.717) is 0 Å². The number of carboxylic acids is 1. The van der Waals surface area contributed by atoms with Gasteiger partial charge in [-0.1, -0.05) is 13.8 Å². The van der Waals surface area contributed by atoms with E-state index in [1.54, 1.807) is 13.8 Å². The summed E-state index contributed by atoms with van der Waals surface area (Å²) in [6.45, 7) is 3.07. The molecule has 20 heavy (non-hydrogen) atoms. The maximum Gasteiger partial charge on any atom is 0.307 e. The van der Waals surface area contributed by atoms with Crippen molar-refractivity contribution in [3.05, 3.63) is 0 Å². The van der Waals surface area contributed by atoms with Crippen LogP contribution in [0.25, 0.3) is 0 Å². The van der Waals surface area contributed by atoms with Gasteiger partial charge in [0.15, 0.2) is 0 Å². The summed E-state index contributed by atoms with van der Waals surface area (Å²) in [4.78, 5) is 33.1. The van der Waals surface area contributed by atoms with Gasteiger partial charge in [0.2, 0.25) is 5.91 Å². The number of esters is 1. The van der Waals surface area contributed by atoms with Crippen LogP contribution in [-0.2, 0) is 19.1 Å². The van der Waals surface area contributed by atoms with Gasteiger partial charge in [-0.15, -0.1) is 0 Å². The van der Waals surface area contributed by atoms with Crippen LogP contribution >= 0.6 is 0 Å². The molecule has 0 spiro atoms. The first kappa shape index (κ1) is 18.3. The molecule has 0 aromatic carbocycles. The molecule has 1 atom stereocenters. The lowest BCUT2D eigenvalue weighted by Crippen LogP contribution is -2.46. The number of carboxylic acid groups (broad SMARTS) is 1. The zero-order valence-corrected chi connectivity index (χ0v) is 11.7. The molecule has 1 amide bonds. The van der Waals surface area contributed by atoms with Crippen molar-refractivity contribution in [3.8, 4) is 0 Å². The minimum atomic E-state index is -1.41. The van der Waals surface area contributed by atoms with Crippen LogP contribution in [0.2, 0.25) is 0 Å². The van der Waals surface area contributed by atoms with E-state index in [9.17, 15) is 19.5 Å². The zero-order chi connectivity index (χ0) is 15.8. The molecule has 0 rings (SSSR count). The Labute approximate surface area is 117 Å². The summed E-state index contributed by atoms with van der Waals surface area (Å²) >= 11 is 0. The van der Waals surface area contributed by atoms with Crippen LogP contribution < -0.4 is 11.1 Å². The standard InChI is InChI=1S/C12H22N2O6/c1-12(2,7-20-9(17)3-5-13)10(18)11(19)14-6-4-8(15)16/h10,18H,3-7,13H2,1-2H3,(H,14,19)(H,15,16). The summed E-state index contributed by atoms with van der Waals surface area (Å²) < 4.78 is 4.91. The van der Waals surface area contributed by atoms with Crippen molar-refractivity contribution in [2.45, 2.75) is 32.8 Å². The summed E-state index contributed by atoms with van der Waals surface area (Å²) in [5, 5.41) is 20.6. The number of rotatable bonds is 9. The molecule has 5 N–H and O–H groups in total. The van der Waals surface area contributed by atoms with Crippen LogP contribution in [0, 0.1) is 5.41 Å². The Balaban J connectivity index is 4.26. The predicted octanol–water partition coefficient (Wildman–Crippen LogP) is -1.14. The van der Waals surface area contributed by atoms with Crippen LogP contribution in [0.4, 0.5) is 0 Å². The Bertz CT molecular complexity index is 356. The monoisotopic (exact) mass is 290 g/mol. The number of ether oxygens (including phenoxy) is 1. The normalized spacial score (nSPS) is 12.6. The highest BCUT2D eigenvalue weighted by Gasteiger charge is 2.34. The van der Waals surface area contributed by atoms with E-state index >= 15 is 0 Å². The molecule has 0 aromatic heterocycles. The quantitative estimate of drug-likeness (QED) is 0.393. The van der Waals surface area contributed by atoms with Crippen molar-refractivity contribution >= 4 is 17.8 Å². The minimum Gasteiger partial charge on any atom is -0.481 e. The van der Waals surface area contributed by atoms with Crippen LogP contribution in [0.15, 0.2) is 0 Å². The first-order chi connectivity index (χ1) is 9.20. The molecule has 0 fully saturated rings. The van der Waals surface area contributed by atoms with Gasteiger partial charge in [0.05, 0.1) is 19.4 Å². The topological polar surface area (TPSA) is 139 Å². The Morgan fingerprint density at radius 1 is 1.30 bits per heavy atom. The van der Waals surface area contributed by atoms with Gasteiger partial charge >= 0.3 is 11.9 Å². The van der Waals surface area contributed by atoms with Gasteiger partial charge in [-0.2, -0.15) is 0 Å². The molecule has 0 radical (unpaired) electrons. The lowest BCUT2D eigenvalue weighted by atomic mass is 9.87. The fourth-order valence-corrected chi connectivity index (χ4v) is 1.28. The third-order valence-electron chi connectivity index (χ3n) is 2.58. The van der Waals surface area contributed by atoms with Gasteiger partial charge in [-0.3, -0.25) is 14.4 Å². The van der Waals surface area contributed by atoms with E-state index in [4.69, 9.17) is 15.6 Å². The molecule has 0 saturated carbocycles. The number of aliphatic hydroxyl groups excluding tert-OH is 1. The molecule has 0 aliphatic heterocycles. The number of amides is 1. The average Bonchev–Trinajstić information content (AvgIpc) is 2.35. The van der Waals surface area contributed by atoms with Crippen molar-refractivity contribution in [1.29, 1.82) is 0 Å². The Hall–Kier alpha value is -1.67. The van der Waals surface area contributed by atoms with E-state index < -0.39 is 29.4 Å². The largest absolute Gasteiger partial charge is 0.481 e. The van der Waals surface area contributed by atoms with Crippen molar-refractivity contribution in [1.82, 2.24) is 5.32 Å². The van der Waals surface area contributed by atoms with Crippen LogP contribution in [0.3, 0.4) is 0 Å². The van der Waals surface area contributed by atoms with Gasteiger partial charge in [-0.05, 0) is 0 Å². The molecular formula is C12H22N2O6. The molecule has 8 nitrogen and oxygen atoms in total.